The SMILES string of the molecule is O=S(=O)(c1ccc(Br)cc1)N1CC(COc2cncc(Cl)n2)C1. The Morgan fingerprint density at radius 1 is 1.26 bits per heavy atom. The smallest absolute Gasteiger partial charge is 0.243 e. The van der Waals surface area contributed by atoms with Gasteiger partial charge < -0.3 is 4.74 Å². The maximum Gasteiger partial charge on any atom is 0.243 e. The van der Waals surface area contributed by atoms with Crippen LogP contribution in [0.25, 0.3) is 0 Å². The molecule has 0 bridgehead atoms. The quantitative estimate of drug-likeness (QED) is 0.746. The summed E-state index contributed by atoms with van der Waals surface area (Å²) in [6, 6.07) is 6.60. The van der Waals surface area contributed by atoms with Gasteiger partial charge in [0.15, 0.2) is 5.15 Å². The zero-order valence-corrected chi connectivity index (χ0v) is 15.1. The molecule has 122 valence electrons. The molecular weight excluding hydrogens is 406 g/mol. The Kier molecular flexibility index (Phi) is 4.86. The third-order valence-electron chi connectivity index (χ3n) is 3.43. The summed E-state index contributed by atoms with van der Waals surface area (Å²) in [5, 5.41) is 0.260. The maximum absolute atomic E-state index is 12.4. The number of halogens is 2. The standard InChI is InChI=1S/C14H13BrClN3O3S/c15-11-1-3-12(4-2-11)23(20,21)19-7-10(8-19)9-22-14-6-17-5-13(16)18-14/h1-6,10H,7-9H2. The molecule has 2 aromatic rings. The van der Waals surface area contributed by atoms with Gasteiger partial charge in [-0.25, -0.2) is 8.42 Å². The van der Waals surface area contributed by atoms with Crippen molar-refractivity contribution in [2.45, 2.75) is 4.90 Å². The molecule has 0 amide bonds. The number of ether oxygens (including phenoxy) is 1. The van der Waals surface area contributed by atoms with E-state index in [4.69, 9.17) is 16.3 Å². The number of aromatic nitrogens is 2. The molecule has 3 rings (SSSR count). The molecule has 1 saturated heterocycles. The van der Waals surface area contributed by atoms with Gasteiger partial charge in [-0.05, 0) is 24.3 Å². The average molecular weight is 419 g/mol. The molecule has 0 saturated carbocycles. The van der Waals surface area contributed by atoms with Crippen LogP contribution in [-0.2, 0) is 10.0 Å². The van der Waals surface area contributed by atoms with Crippen LogP contribution in [-0.4, -0.2) is 42.4 Å². The molecule has 1 fully saturated rings. The minimum absolute atomic E-state index is 0.126. The molecule has 0 aliphatic carbocycles. The van der Waals surface area contributed by atoms with E-state index >= 15 is 0 Å². The van der Waals surface area contributed by atoms with Gasteiger partial charge in [-0.1, -0.05) is 27.5 Å². The van der Waals surface area contributed by atoms with Crippen LogP contribution in [0.15, 0.2) is 46.0 Å². The van der Waals surface area contributed by atoms with Gasteiger partial charge in [-0.15, -0.1) is 0 Å². The molecule has 0 spiro atoms. The lowest BCUT2D eigenvalue weighted by Gasteiger charge is -2.37. The molecule has 23 heavy (non-hydrogen) atoms. The number of rotatable bonds is 5. The van der Waals surface area contributed by atoms with Gasteiger partial charge in [0.25, 0.3) is 0 Å². The highest BCUT2D eigenvalue weighted by Crippen LogP contribution is 2.26. The number of benzene rings is 1. The first-order valence-corrected chi connectivity index (χ1v) is 9.42. The topological polar surface area (TPSA) is 72.4 Å². The maximum atomic E-state index is 12.4. The average Bonchev–Trinajstić information content (AvgIpc) is 2.46. The molecule has 6 nitrogen and oxygen atoms in total. The van der Waals surface area contributed by atoms with E-state index in [1.807, 2.05) is 0 Å². The predicted molar refractivity (Wildman–Crippen MR) is 88.9 cm³/mol. The van der Waals surface area contributed by atoms with Crippen molar-refractivity contribution in [2.75, 3.05) is 19.7 Å². The van der Waals surface area contributed by atoms with Crippen molar-refractivity contribution in [2.24, 2.45) is 5.92 Å². The summed E-state index contributed by atoms with van der Waals surface area (Å²) in [4.78, 5) is 8.14. The van der Waals surface area contributed by atoms with Crippen LogP contribution in [0.5, 0.6) is 5.88 Å². The summed E-state index contributed by atoms with van der Waals surface area (Å²) in [7, 11) is -3.43. The van der Waals surface area contributed by atoms with Crippen LogP contribution in [0, 0.1) is 5.92 Å². The Hall–Kier alpha value is -1.22. The first kappa shape index (κ1) is 16.6. The van der Waals surface area contributed by atoms with Crippen LogP contribution in [0.3, 0.4) is 0 Å². The molecule has 0 unspecified atom stereocenters. The largest absolute Gasteiger partial charge is 0.476 e. The third-order valence-corrected chi connectivity index (χ3v) is 5.98. The lowest BCUT2D eigenvalue weighted by Crippen LogP contribution is -2.51. The van der Waals surface area contributed by atoms with Gasteiger partial charge in [0, 0.05) is 23.5 Å². The zero-order valence-electron chi connectivity index (χ0n) is 11.9. The Morgan fingerprint density at radius 2 is 1.96 bits per heavy atom. The van der Waals surface area contributed by atoms with E-state index in [-0.39, 0.29) is 11.1 Å². The number of hydrogen-bond acceptors (Lipinski definition) is 5. The summed E-state index contributed by atoms with van der Waals surface area (Å²) >= 11 is 9.02. The second kappa shape index (κ2) is 6.72. The molecule has 1 aliphatic heterocycles. The minimum Gasteiger partial charge on any atom is -0.476 e. The van der Waals surface area contributed by atoms with Crippen LogP contribution in [0.2, 0.25) is 5.15 Å². The van der Waals surface area contributed by atoms with Crippen molar-refractivity contribution >= 4 is 37.6 Å². The van der Waals surface area contributed by atoms with Gasteiger partial charge >= 0.3 is 0 Å². The van der Waals surface area contributed by atoms with Crippen molar-refractivity contribution < 1.29 is 13.2 Å². The molecule has 0 N–H and O–H groups in total. The van der Waals surface area contributed by atoms with E-state index in [2.05, 4.69) is 25.9 Å². The molecule has 1 aromatic heterocycles. The van der Waals surface area contributed by atoms with E-state index in [1.165, 1.54) is 16.7 Å². The highest BCUT2D eigenvalue weighted by molar-refractivity contribution is 9.10. The number of nitrogens with zero attached hydrogens (tertiary/aromatic N) is 3. The fraction of sp³-hybridized carbons (Fsp3) is 0.286. The van der Waals surface area contributed by atoms with E-state index in [0.717, 1.165) is 4.47 Å². The predicted octanol–water partition coefficient (Wildman–Crippen LogP) is 2.59. The normalized spacial score (nSPS) is 16.1. The summed E-state index contributed by atoms with van der Waals surface area (Å²) in [5.41, 5.74) is 0. The summed E-state index contributed by atoms with van der Waals surface area (Å²) in [6.07, 6.45) is 2.89. The summed E-state index contributed by atoms with van der Waals surface area (Å²) in [6.45, 7) is 1.22. The van der Waals surface area contributed by atoms with Gasteiger partial charge in [-0.3, -0.25) is 4.98 Å². The first-order valence-electron chi connectivity index (χ1n) is 6.81. The van der Waals surface area contributed by atoms with Crippen molar-refractivity contribution in [3.63, 3.8) is 0 Å². The Balaban J connectivity index is 1.55. The lowest BCUT2D eigenvalue weighted by molar-refractivity contribution is 0.126. The second-order valence-electron chi connectivity index (χ2n) is 5.13. The van der Waals surface area contributed by atoms with Crippen molar-refractivity contribution in [3.8, 4) is 5.88 Å². The molecule has 0 atom stereocenters. The van der Waals surface area contributed by atoms with E-state index in [9.17, 15) is 8.42 Å². The van der Waals surface area contributed by atoms with Gasteiger partial charge in [0.05, 0.1) is 23.9 Å². The lowest BCUT2D eigenvalue weighted by atomic mass is 10.1. The molecule has 2 heterocycles. The first-order chi connectivity index (χ1) is 10.9. The molecular formula is C14H13BrClN3O3S. The second-order valence-corrected chi connectivity index (χ2v) is 8.37. The van der Waals surface area contributed by atoms with Gasteiger partial charge in [0.1, 0.15) is 0 Å². The van der Waals surface area contributed by atoms with Crippen LogP contribution in [0.4, 0.5) is 0 Å². The highest BCUT2D eigenvalue weighted by atomic mass is 79.9. The Morgan fingerprint density at radius 3 is 2.61 bits per heavy atom. The van der Waals surface area contributed by atoms with E-state index < -0.39 is 10.0 Å². The van der Waals surface area contributed by atoms with Gasteiger partial charge in [-0.2, -0.15) is 9.29 Å². The zero-order chi connectivity index (χ0) is 16.4. The van der Waals surface area contributed by atoms with Crippen molar-refractivity contribution in [1.29, 1.82) is 0 Å². The molecule has 1 aliphatic rings. The summed E-state index contributed by atoms with van der Waals surface area (Å²) < 4.78 is 32.6. The Labute approximate surface area is 147 Å². The fourth-order valence-electron chi connectivity index (χ4n) is 2.18. The van der Waals surface area contributed by atoms with Crippen LogP contribution < -0.4 is 4.74 Å². The van der Waals surface area contributed by atoms with Crippen LogP contribution in [0.1, 0.15) is 0 Å². The van der Waals surface area contributed by atoms with E-state index in [0.29, 0.717) is 30.5 Å². The van der Waals surface area contributed by atoms with Gasteiger partial charge in [0.2, 0.25) is 15.9 Å². The fourth-order valence-corrected chi connectivity index (χ4v) is 4.17. The number of hydrogen-bond donors (Lipinski definition) is 0. The monoisotopic (exact) mass is 417 g/mol. The minimum atomic E-state index is -3.43. The van der Waals surface area contributed by atoms with Crippen molar-refractivity contribution in [3.05, 3.63) is 46.3 Å². The third kappa shape index (κ3) is 3.82. The number of sulfonamides is 1. The van der Waals surface area contributed by atoms with Crippen molar-refractivity contribution in [1.82, 2.24) is 14.3 Å². The Bertz CT molecular complexity index is 795. The molecule has 1 aromatic carbocycles. The highest BCUT2D eigenvalue weighted by Gasteiger charge is 2.37. The van der Waals surface area contributed by atoms with Crippen LogP contribution >= 0.6 is 27.5 Å². The van der Waals surface area contributed by atoms with E-state index in [1.54, 1.807) is 24.3 Å². The summed E-state index contributed by atoms with van der Waals surface area (Å²) in [5.74, 6) is 0.465. The molecule has 9 heteroatoms. The molecule has 0 radical (unpaired) electrons.